The highest BCUT2D eigenvalue weighted by Gasteiger charge is 2.21. The zero-order valence-corrected chi connectivity index (χ0v) is 14.0. The van der Waals surface area contributed by atoms with Crippen LogP contribution in [0.3, 0.4) is 0 Å². The second-order valence-corrected chi connectivity index (χ2v) is 6.51. The van der Waals surface area contributed by atoms with Gasteiger partial charge in [0.15, 0.2) is 11.5 Å². The van der Waals surface area contributed by atoms with Gasteiger partial charge in [-0.1, -0.05) is 17.7 Å². The Morgan fingerprint density at radius 1 is 1.14 bits per heavy atom. The van der Waals surface area contributed by atoms with E-state index in [4.69, 9.17) is 0 Å². The Morgan fingerprint density at radius 3 is 2.55 bits per heavy atom. The third-order valence-electron chi connectivity index (χ3n) is 3.83. The number of phenolic OH excluding ortho intramolecular Hbond substituents is 2. The predicted octanol–water partition coefficient (Wildman–Crippen LogP) is 3.81. The van der Waals surface area contributed by atoms with Crippen LogP contribution in [0.25, 0.3) is 0 Å². The van der Waals surface area contributed by atoms with E-state index in [0.29, 0.717) is 0 Å². The van der Waals surface area contributed by atoms with Gasteiger partial charge in [-0.3, -0.25) is 0 Å². The molecule has 3 rings (SSSR count). The largest absolute Gasteiger partial charge is 0.504 e. The molecule has 0 saturated carbocycles. The van der Waals surface area contributed by atoms with Crippen molar-refractivity contribution in [1.82, 2.24) is 5.32 Å². The Morgan fingerprint density at radius 2 is 1.82 bits per heavy atom. The number of hydrogen-bond donors (Lipinski definition) is 3. The van der Waals surface area contributed by atoms with Gasteiger partial charge in [-0.2, -0.15) is 0 Å². The van der Waals surface area contributed by atoms with E-state index in [1.165, 1.54) is 10.5 Å². The van der Waals surface area contributed by atoms with Crippen molar-refractivity contribution in [3.05, 3.63) is 53.1 Å². The maximum atomic E-state index is 9.72. The summed E-state index contributed by atoms with van der Waals surface area (Å²) in [5.74, 6) is 0.837. The topological polar surface area (TPSA) is 52.5 Å². The van der Waals surface area contributed by atoms with Crippen LogP contribution >= 0.6 is 24.2 Å². The van der Waals surface area contributed by atoms with Gasteiger partial charge in [-0.25, -0.2) is 0 Å². The van der Waals surface area contributed by atoms with E-state index in [2.05, 4.69) is 36.5 Å². The number of nitrogens with one attached hydrogen (secondary N) is 1. The normalized spacial score (nSPS) is 16.7. The molecule has 1 aliphatic heterocycles. The van der Waals surface area contributed by atoms with Crippen molar-refractivity contribution in [2.75, 3.05) is 12.3 Å². The number of thioether (sulfide) groups is 1. The number of hydrogen-bond acceptors (Lipinski definition) is 4. The van der Waals surface area contributed by atoms with E-state index in [1.807, 2.05) is 0 Å². The van der Waals surface area contributed by atoms with Crippen molar-refractivity contribution >= 4 is 24.2 Å². The summed E-state index contributed by atoms with van der Waals surface area (Å²) in [6.07, 6.45) is 0.884. The number of rotatable bonds is 3. The molecule has 0 fully saturated rings. The van der Waals surface area contributed by atoms with Crippen LogP contribution in [-0.4, -0.2) is 22.5 Å². The molecule has 3 N–H and O–H groups in total. The smallest absolute Gasteiger partial charge is 0.157 e. The molecule has 1 atom stereocenters. The van der Waals surface area contributed by atoms with E-state index in [1.54, 1.807) is 23.9 Å². The molecule has 5 heteroatoms. The Bertz CT molecular complexity index is 646. The minimum Gasteiger partial charge on any atom is -0.504 e. The molecule has 1 unspecified atom stereocenters. The van der Waals surface area contributed by atoms with Gasteiger partial charge in [0.1, 0.15) is 0 Å². The third kappa shape index (κ3) is 3.69. The van der Waals surface area contributed by atoms with Crippen molar-refractivity contribution in [2.45, 2.75) is 24.3 Å². The molecule has 2 aromatic rings. The molecule has 2 aromatic carbocycles. The number of phenols is 2. The lowest BCUT2D eigenvalue weighted by atomic mass is 9.94. The molecule has 0 aliphatic carbocycles. The van der Waals surface area contributed by atoms with Crippen LogP contribution in [0.5, 0.6) is 11.5 Å². The Kier molecular flexibility index (Phi) is 5.62. The molecule has 0 radical (unpaired) electrons. The second kappa shape index (κ2) is 7.27. The van der Waals surface area contributed by atoms with Crippen molar-refractivity contribution < 1.29 is 10.2 Å². The summed E-state index contributed by atoms with van der Waals surface area (Å²) in [5, 5.41) is 22.8. The predicted molar refractivity (Wildman–Crippen MR) is 93.4 cm³/mol. The molecule has 3 nitrogen and oxygen atoms in total. The zero-order valence-electron chi connectivity index (χ0n) is 12.4. The third-order valence-corrected chi connectivity index (χ3v) is 4.94. The second-order valence-electron chi connectivity index (χ2n) is 5.42. The monoisotopic (exact) mass is 337 g/mol. The summed E-state index contributed by atoms with van der Waals surface area (Å²) in [5.41, 5.74) is 3.48. The number of aromatic hydroxyl groups is 2. The molecule has 0 bridgehead atoms. The van der Waals surface area contributed by atoms with Crippen LogP contribution in [0.1, 0.15) is 22.7 Å². The first kappa shape index (κ1) is 17.0. The Balaban J connectivity index is 0.00000176. The van der Waals surface area contributed by atoms with Crippen LogP contribution in [0.15, 0.2) is 41.3 Å². The highest BCUT2D eigenvalue weighted by Crippen LogP contribution is 2.35. The lowest BCUT2D eigenvalue weighted by Crippen LogP contribution is -2.31. The first-order valence-electron chi connectivity index (χ1n) is 7.11. The number of aryl methyl sites for hydroxylation is 1. The van der Waals surface area contributed by atoms with Crippen LogP contribution in [0, 0.1) is 6.92 Å². The van der Waals surface area contributed by atoms with Crippen molar-refractivity contribution in [1.29, 1.82) is 0 Å². The summed E-state index contributed by atoms with van der Waals surface area (Å²) >= 11 is 1.80. The standard InChI is InChI=1S/C17H19NO2S.ClH/c1-11-2-4-13(5-3-11)21-10-15-14-9-17(20)16(19)8-12(14)6-7-18-15;/h2-5,8-9,15,18-20H,6-7,10H2,1H3;1H. The van der Waals surface area contributed by atoms with Crippen molar-refractivity contribution in [3.63, 3.8) is 0 Å². The maximum Gasteiger partial charge on any atom is 0.157 e. The van der Waals surface area contributed by atoms with Gasteiger partial charge in [0.05, 0.1) is 0 Å². The van der Waals surface area contributed by atoms with Gasteiger partial charge < -0.3 is 15.5 Å². The SMILES string of the molecule is Cc1ccc(SCC2NCCc3cc(O)c(O)cc32)cc1.Cl. The molecule has 0 aromatic heterocycles. The van der Waals surface area contributed by atoms with Gasteiger partial charge >= 0.3 is 0 Å². The highest BCUT2D eigenvalue weighted by molar-refractivity contribution is 7.99. The summed E-state index contributed by atoms with van der Waals surface area (Å²) in [4.78, 5) is 1.25. The lowest BCUT2D eigenvalue weighted by Gasteiger charge is -2.27. The van der Waals surface area contributed by atoms with Gasteiger partial charge in [0.25, 0.3) is 0 Å². The van der Waals surface area contributed by atoms with E-state index < -0.39 is 0 Å². The molecule has 0 saturated heterocycles. The van der Waals surface area contributed by atoms with Crippen LogP contribution in [-0.2, 0) is 6.42 Å². The number of benzene rings is 2. The van der Waals surface area contributed by atoms with Crippen molar-refractivity contribution in [3.8, 4) is 11.5 Å². The fourth-order valence-electron chi connectivity index (χ4n) is 2.63. The van der Waals surface area contributed by atoms with E-state index in [9.17, 15) is 10.2 Å². The molecular formula is C17H20ClNO2S. The summed E-state index contributed by atoms with van der Waals surface area (Å²) in [6.45, 7) is 2.99. The molecule has 0 amide bonds. The first-order chi connectivity index (χ1) is 10.1. The fraction of sp³-hybridized carbons (Fsp3) is 0.294. The minimum absolute atomic E-state index is 0. The van der Waals surface area contributed by atoms with Crippen LogP contribution < -0.4 is 5.32 Å². The van der Waals surface area contributed by atoms with E-state index in [0.717, 1.165) is 29.8 Å². The molecular weight excluding hydrogens is 318 g/mol. The van der Waals surface area contributed by atoms with E-state index >= 15 is 0 Å². The average molecular weight is 338 g/mol. The first-order valence-corrected chi connectivity index (χ1v) is 8.09. The van der Waals surface area contributed by atoms with Crippen LogP contribution in [0.4, 0.5) is 0 Å². The summed E-state index contributed by atoms with van der Waals surface area (Å²) in [6, 6.07) is 12.1. The van der Waals surface area contributed by atoms with Gasteiger partial charge in [0, 0.05) is 16.7 Å². The fourth-order valence-corrected chi connectivity index (χ4v) is 3.62. The number of halogens is 1. The lowest BCUT2D eigenvalue weighted by molar-refractivity contribution is 0.400. The Hall–Kier alpha value is -1.36. The quantitative estimate of drug-likeness (QED) is 0.589. The highest BCUT2D eigenvalue weighted by atomic mass is 35.5. The van der Waals surface area contributed by atoms with Crippen molar-refractivity contribution in [2.24, 2.45) is 0 Å². The Labute approximate surface area is 141 Å². The summed E-state index contributed by atoms with van der Waals surface area (Å²) < 4.78 is 0. The van der Waals surface area contributed by atoms with Gasteiger partial charge in [-0.15, -0.1) is 24.2 Å². The molecule has 1 heterocycles. The van der Waals surface area contributed by atoms with Gasteiger partial charge in [0.2, 0.25) is 0 Å². The number of fused-ring (bicyclic) bond motifs is 1. The molecule has 22 heavy (non-hydrogen) atoms. The van der Waals surface area contributed by atoms with Crippen LogP contribution in [0.2, 0.25) is 0 Å². The minimum atomic E-state index is -0.0391. The van der Waals surface area contributed by atoms with Gasteiger partial charge in [-0.05, 0) is 55.3 Å². The molecule has 1 aliphatic rings. The zero-order chi connectivity index (χ0) is 14.8. The maximum absolute atomic E-state index is 9.72. The molecule has 0 spiro atoms. The molecule has 118 valence electrons. The average Bonchev–Trinajstić information content (AvgIpc) is 2.48. The van der Waals surface area contributed by atoms with E-state index in [-0.39, 0.29) is 29.9 Å². The summed E-state index contributed by atoms with van der Waals surface area (Å²) in [7, 11) is 0.